The van der Waals surface area contributed by atoms with Crippen molar-refractivity contribution in [3.63, 3.8) is 0 Å². The Balaban J connectivity index is 1.65. The molecule has 2 aliphatic heterocycles. The van der Waals surface area contributed by atoms with Crippen LogP contribution in [0, 0.1) is 5.92 Å². The van der Waals surface area contributed by atoms with Crippen LogP contribution in [0.15, 0.2) is 0 Å². The minimum Gasteiger partial charge on any atom is -0.391 e. The molecule has 1 N–H and O–H groups in total. The van der Waals surface area contributed by atoms with E-state index in [1.165, 1.54) is 32.1 Å². The lowest BCUT2D eigenvalue weighted by atomic mass is 9.81. The van der Waals surface area contributed by atoms with E-state index in [0.29, 0.717) is 18.2 Å². The van der Waals surface area contributed by atoms with E-state index in [9.17, 15) is 5.11 Å². The molecule has 3 aliphatic rings. The molecule has 0 amide bonds. The van der Waals surface area contributed by atoms with Crippen molar-refractivity contribution in [1.82, 2.24) is 4.90 Å². The van der Waals surface area contributed by atoms with Crippen LogP contribution >= 0.6 is 0 Å². The topological polar surface area (TPSA) is 32.7 Å². The number of ether oxygens (including phenoxy) is 1. The number of rotatable bonds is 2. The van der Waals surface area contributed by atoms with Gasteiger partial charge in [-0.3, -0.25) is 4.90 Å². The van der Waals surface area contributed by atoms with Crippen LogP contribution in [0.1, 0.15) is 45.4 Å². The molecule has 0 aromatic carbocycles. The lowest BCUT2D eigenvalue weighted by molar-refractivity contribution is -0.0859. The quantitative estimate of drug-likeness (QED) is 0.797. The van der Waals surface area contributed by atoms with Gasteiger partial charge in [-0.15, -0.1) is 0 Å². The summed E-state index contributed by atoms with van der Waals surface area (Å²) >= 11 is 0. The Morgan fingerprint density at radius 3 is 2.47 bits per heavy atom. The number of nitrogens with zero attached hydrogens (tertiary/aromatic N) is 1. The van der Waals surface area contributed by atoms with Crippen LogP contribution in [0.2, 0.25) is 0 Å². The van der Waals surface area contributed by atoms with Crippen molar-refractivity contribution < 1.29 is 9.84 Å². The molecular weight excluding hydrogens is 214 g/mol. The number of aliphatic hydroxyl groups excluding tert-OH is 1. The molecular formula is C14H25NO2. The van der Waals surface area contributed by atoms with E-state index in [0.717, 1.165) is 25.4 Å². The molecule has 1 aliphatic carbocycles. The third kappa shape index (κ3) is 2.38. The van der Waals surface area contributed by atoms with E-state index in [-0.39, 0.29) is 6.10 Å². The molecule has 3 fully saturated rings. The molecule has 2 saturated heterocycles. The van der Waals surface area contributed by atoms with Gasteiger partial charge >= 0.3 is 0 Å². The number of likely N-dealkylation sites (tertiary alicyclic amines) is 1. The SMILES string of the molecule is CCC1CCC(O)C(N2CC3CCC(C2)O3)C1. The normalized spacial score (nSPS) is 47.3. The predicted molar refractivity (Wildman–Crippen MR) is 66.9 cm³/mol. The molecule has 1 saturated carbocycles. The zero-order valence-electron chi connectivity index (χ0n) is 10.8. The molecule has 3 nitrogen and oxygen atoms in total. The Morgan fingerprint density at radius 2 is 1.82 bits per heavy atom. The summed E-state index contributed by atoms with van der Waals surface area (Å²) in [6.45, 7) is 4.38. The third-order valence-electron chi connectivity index (χ3n) is 5.01. The number of aliphatic hydroxyl groups is 1. The molecule has 0 spiro atoms. The highest BCUT2D eigenvalue weighted by atomic mass is 16.5. The minimum atomic E-state index is -0.102. The van der Waals surface area contributed by atoms with E-state index < -0.39 is 0 Å². The molecule has 98 valence electrons. The van der Waals surface area contributed by atoms with Gasteiger partial charge in [-0.1, -0.05) is 13.3 Å². The first-order chi connectivity index (χ1) is 8.26. The fourth-order valence-corrected chi connectivity index (χ4v) is 3.90. The Kier molecular flexibility index (Phi) is 3.42. The summed E-state index contributed by atoms with van der Waals surface area (Å²) in [5.74, 6) is 0.823. The van der Waals surface area contributed by atoms with Gasteiger partial charge in [-0.25, -0.2) is 0 Å². The minimum absolute atomic E-state index is 0.102. The van der Waals surface area contributed by atoms with Gasteiger partial charge in [0.25, 0.3) is 0 Å². The number of hydrogen-bond donors (Lipinski definition) is 1. The lowest BCUT2D eigenvalue weighted by Crippen LogP contribution is -2.54. The zero-order chi connectivity index (χ0) is 11.8. The average Bonchev–Trinajstić information content (AvgIpc) is 2.69. The molecule has 3 heteroatoms. The summed E-state index contributed by atoms with van der Waals surface area (Å²) in [7, 11) is 0. The van der Waals surface area contributed by atoms with Crippen LogP contribution in [-0.2, 0) is 4.74 Å². The summed E-state index contributed by atoms with van der Waals surface area (Å²) in [6, 6.07) is 0.403. The monoisotopic (exact) mass is 239 g/mol. The molecule has 0 aromatic rings. The zero-order valence-corrected chi connectivity index (χ0v) is 10.8. The Hall–Kier alpha value is -0.120. The first-order valence-corrected chi connectivity index (χ1v) is 7.33. The highest BCUT2D eigenvalue weighted by molar-refractivity contribution is 4.93. The molecule has 2 bridgehead atoms. The smallest absolute Gasteiger partial charge is 0.0707 e. The molecule has 3 rings (SSSR count). The van der Waals surface area contributed by atoms with Crippen molar-refractivity contribution in [1.29, 1.82) is 0 Å². The largest absolute Gasteiger partial charge is 0.391 e. The van der Waals surface area contributed by atoms with Gasteiger partial charge in [0.15, 0.2) is 0 Å². The molecule has 5 atom stereocenters. The standard InChI is InChI=1S/C14H25NO2/c1-2-10-3-6-14(16)13(7-10)15-8-11-4-5-12(9-15)17-11/h10-14,16H,2-9H2,1H3. The van der Waals surface area contributed by atoms with E-state index in [1.807, 2.05) is 0 Å². The van der Waals surface area contributed by atoms with Crippen molar-refractivity contribution in [3.8, 4) is 0 Å². The van der Waals surface area contributed by atoms with Crippen LogP contribution in [0.3, 0.4) is 0 Å². The van der Waals surface area contributed by atoms with Gasteiger partial charge in [0.1, 0.15) is 0 Å². The molecule has 2 heterocycles. The number of fused-ring (bicyclic) bond motifs is 2. The summed E-state index contributed by atoms with van der Waals surface area (Å²) in [6.07, 6.45) is 7.91. The predicted octanol–water partition coefficient (Wildman–Crippen LogP) is 1.79. The van der Waals surface area contributed by atoms with E-state index in [1.54, 1.807) is 0 Å². The lowest BCUT2D eigenvalue weighted by Gasteiger charge is -2.43. The van der Waals surface area contributed by atoms with Gasteiger partial charge in [-0.05, 0) is 38.0 Å². The Bertz CT molecular complexity index is 259. The molecule has 5 unspecified atom stereocenters. The average molecular weight is 239 g/mol. The Labute approximate surface area is 104 Å². The van der Waals surface area contributed by atoms with Gasteiger partial charge in [0, 0.05) is 19.1 Å². The van der Waals surface area contributed by atoms with Crippen molar-refractivity contribution in [2.24, 2.45) is 5.92 Å². The second-order valence-electron chi connectivity index (χ2n) is 6.13. The third-order valence-corrected chi connectivity index (χ3v) is 5.01. The van der Waals surface area contributed by atoms with E-state index >= 15 is 0 Å². The number of morpholine rings is 1. The van der Waals surface area contributed by atoms with Gasteiger partial charge in [-0.2, -0.15) is 0 Å². The summed E-state index contributed by atoms with van der Waals surface area (Å²) < 4.78 is 5.88. The fourth-order valence-electron chi connectivity index (χ4n) is 3.90. The van der Waals surface area contributed by atoms with Crippen LogP contribution in [0.5, 0.6) is 0 Å². The van der Waals surface area contributed by atoms with Crippen LogP contribution < -0.4 is 0 Å². The first-order valence-electron chi connectivity index (χ1n) is 7.33. The van der Waals surface area contributed by atoms with E-state index in [2.05, 4.69) is 11.8 Å². The van der Waals surface area contributed by atoms with Crippen LogP contribution in [-0.4, -0.2) is 47.4 Å². The first kappa shape index (κ1) is 11.9. The maximum Gasteiger partial charge on any atom is 0.0707 e. The fraction of sp³-hybridized carbons (Fsp3) is 1.00. The van der Waals surface area contributed by atoms with Crippen LogP contribution in [0.4, 0.5) is 0 Å². The van der Waals surface area contributed by atoms with Crippen molar-refractivity contribution >= 4 is 0 Å². The van der Waals surface area contributed by atoms with E-state index in [4.69, 9.17) is 4.74 Å². The maximum absolute atomic E-state index is 10.2. The van der Waals surface area contributed by atoms with Gasteiger partial charge in [0.2, 0.25) is 0 Å². The van der Waals surface area contributed by atoms with Crippen molar-refractivity contribution in [2.75, 3.05) is 13.1 Å². The van der Waals surface area contributed by atoms with Crippen molar-refractivity contribution in [3.05, 3.63) is 0 Å². The molecule has 0 radical (unpaired) electrons. The number of hydrogen-bond acceptors (Lipinski definition) is 3. The molecule has 17 heavy (non-hydrogen) atoms. The van der Waals surface area contributed by atoms with Gasteiger partial charge < -0.3 is 9.84 Å². The maximum atomic E-state index is 10.2. The Morgan fingerprint density at radius 1 is 1.12 bits per heavy atom. The highest BCUT2D eigenvalue weighted by Gasteiger charge is 2.40. The van der Waals surface area contributed by atoms with Crippen LogP contribution in [0.25, 0.3) is 0 Å². The summed E-state index contributed by atoms with van der Waals surface area (Å²) in [5, 5.41) is 10.2. The second-order valence-corrected chi connectivity index (χ2v) is 6.13. The van der Waals surface area contributed by atoms with Gasteiger partial charge in [0.05, 0.1) is 18.3 Å². The summed E-state index contributed by atoms with van der Waals surface area (Å²) in [4.78, 5) is 2.53. The molecule has 0 aromatic heterocycles. The highest BCUT2D eigenvalue weighted by Crippen LogP contribution is 2.34. The summed E-state index contributed by atoms with van der Waals surface area (Å²) in [5.41, 5.74) is 0. The van der Waals surface area contributed by atoms with Crippen molar-refractivity contribution in [2.45, 2.75) is 69.8 Å². The second kappa shape index (κ2) is 4.87.